The van der Waals surface area contributed by atoms with Gasteiger partial charge in [-0.3, -0.25) is 4.79 Å². The maximum Gasteiger partial charge on any atom is 0.330 e. The van der Waals surface area contributed by atoms with Gasteiger partial charge in [0.15, 0.2) is 6.04 Å². The van der Waals surface area contributed by atoms with Gasteiger partial charge in [0.1, 0.15) is 5.82 Å². The Morgan fingerprint density at radius 1 is 1.32 bits per heavy atom. The highest BCUT2D eigenvalue weighted by atomic mass is 16.4. The van der Waals surface area contributed by atoms with E-state index in [1.807, 2.05) is 17.7 Å². The third kappa shape index (κ3) is 3.94. The Morgan fingerprint density at radius 2 is 2.05 bits per heavy atom. The predicted molar refractivity (Wildman–Crippen MR) is 81.2 cm³/mol. The summed E-state index contributed by atoms with van der Waals surface area (Å²) in [5.41, 5.74) is 0.556. The van der Waals surface area contributed by atoms with Gasteiger partial charge in [0.25, 0.3) is 0 Å². The van der Waals surface area contributed by atoms with E-state index < -0.39 is 12.0 Å². The van der Waals surface area contributed by atoms with Crippen molar-refractivity contribution in [1.82, 2.24) is 14.9 Å². The van der Waals surface area contributed by atoms with Crippen LogP contribution < -0.4 is 5.32 Å². The number of rotatable bonds is 7. The van der Waals surface area contributed by atoms with Crippen molar-refractivity contribution >= 4 is 11.9 Å². The number of nitrogens with zero attached hydrogens (tertiary/aromatic N) is 2. The molecule has 1 aromatic carbocycles. The number of aryl methyl sites for hydroxylation is 2. The lowest BCUT2D eigenvalue weighted by molar-refractivity contribution is -0.142. The summed E-state index contributed by atoms with van der Waals surface area (Å²) in [6, 6.07) is 7.64. The van der Waals surface area contributed by atoms with Gasteiger partial charge in [-0.15, -0.1) is 0 Å². The number of benzene rings is 1. The van der Waals surface area contributed by atoms with Gasteiger partial charge >= 0.3 is 5.97 Å². The van der Waals surface area contributed by atoms with Gasteiger partial charge < -0.3 is 15.0 Å². The molecular formula is C16H19N3O3. The molecule has 0 aliphatic rings. The molecule has 0 saturated heterocycles. The highest BCUT2D eigenvalue weighted by Crippen LogP contribution is 2.13. The second kappa shape index (κ2) is 7.40. The lowest BCUT2D eigenvalue weighted by Crippen LogP contribution is -2.34. The zero-order valence-electron chi connectivity index (χ0n) is 12.4. The Balaban J connectivity index is 1.96. The topological polar surface area (TPSA) is 84.2 Å². The van der Waals surface area contributed by atoms with Crippen LogP contribution >= 0.6 is 0 Å². The molecule has 6 heteroatoms. The Labute approximate surface area is 128 Å². The number of carbonyl (C=O) groups is 2. The van der Waals surface area contributed by atoms with Gasteiger partial charge in [-0.2, -0.15) is 0 Å². The van der Waals surface area contributed by atoms with E-state index in [1.165, 1.54) is 0 Å². The normalized spacial score (nSPS) is 11.9. The summed E-state index contributed by atoms with van der Waals surface area (Å²) >= 11 is 0. The van der Waals surface area contributed by atoms with E-state index in [0.717, 1.165) is 12.2 Å². The zero-order valence-corrected chi connectivity index (χ0v) is 12.4. The highest BCUT2D eigenvalue weighted by Gasteiger charge is 2.21. The van der Waals surface area contributed by atoms with Gasteiger partial charge in [0.05, 0.1) is 0 Å². The molecule has 2 rings (SSSR count). The molecule has 2 N–H and O–H groups in total. The molecule has 0 radical (unpaired) electrons. The first kappa shape index (κ1) is 15.8. The van der Waals surface area contributed by atoms with Crippen molar-refractivity contribution in [2.24, 2.45) is 0 Å². The van der Waals surface area contributed by atoms with Crippen LogP contribution in [0.15, 0.2) is 42.7 Å². The van der Waals surface area contributed by atoms with Gasteiger partial charge in [-0.25, -0.2) is 9.78 Å². The molecule has 1 amide bonds. The van der Waals surface area contributed by atoms with Crippen LogP contribution in [0.5, 0.6) is 0 Å². The number of carbonyl (C=O) groups excluding carboxylic acids is 1. The van der Waals surface area contributed by atoms with Gasteiger partial charge in [0, 0.05) is 31.8 Å². The maximum absolute atomic E-state index is 12.0. The van der Waals surface area contributed by atoms with Crippen LogP contribution in [-0.2, 0) is 22.6 Å². The van der Waals surface area contributed by atoms with Crippen molar-refractivity contribution in [2.75, 3.05) is 0 Å². The smallest absolute Gasteiger partial charge is 0.330 e. The van der Waals surface area contributed by atoms with Crippen LogP contribution in [0, 0.1) is 0 Å². The first-order valence-electron chi connectivity index (χ1n) is 7.19. The molecule has 1 atom stereocenters. The molecule has 116 valence electrons. The summed E-state index contributed by atoms with van der Waals surface area (Å²) in [5, 5.41) is 11.8. The van der Waals surface area contributed by atoms with E-state index in [2.05, 4.69) is 10.3 Å². The number of carboxylic acid groups (broad SMARTS) is 1. The van der Waals surface area contributed by atoms with E-state index in [4.69, 9.17) is 0 Å². The lowest BCUT2D eigenvalue weighted by atomic mass is 10.1. The first-order chi connectivity index (χ1) is 10.6. The standard InChI is InChI=1S/C16H19N3O3/c1-2-13-17-9-11-19(13)10-8-14(20)18-15(16(21)22)12-6-4-3-5-7-12/h3-7,9,11,15H,2,8,10H2,1H3,(H,18,20)(H,21,22). The molecule has 0 fully saturated rings. The van der Waals surface area contributed by atoms with Crippen molar-refractivity contribution in [3.63, 3.8) is 0 Å². The largest absolute Gasteiger partial charge is 0.479 e. The third-order valence-corrected chi connectivity index (χ3v) is 3.38. The minimum atomic E-state index is -1.07. The third-order valence-electron chi connectivity index (χ3n) is 3.38. The van der Waals surface area contributed by atoms with Crippen LogP contribution in [0.1, 0.15) is 30.8 Å². The Morgan fingerprint density at radius 3 is 2.68 bits per heavy atom. The number of aliphatic carboxylic acids is 1. The Hall–Kier alpha value is -2.63. The average Bonchev–Trinajstić information content (AvgIpc) is 2.98. The van der Waals surface area contributed by atoms with Crippen molar-refractivity contribution in [2.45, 2.75) is 32.4 Å². The van der Waals surface area contributed by atoms with E-state index >= 15 is 0 Å². The van der Waals surface area contributed by atoms with E-state index in [9.17, 15) is 14.7 Å². The molecule has 1 unspecified atom stereocenters. The summed E-state index contributed by atoms with van der Waals surface area (Å²) in [5.74, 6) is -0.464. The first-order valence-corrected chi connectivity index (χ1v) is 7.19. The second-order valence-electron chi connectivity index (χ2n) is 4.89. The average molecular weight is 301 g/mol. The highest BCUT2D eigenvalue weighted by molar-refractivity contribution is 5.84. The van der Waals surface area contributed by atoms with E-state index in [0.29, 0.717) is 12.1 Å². The minimum Gasteiger partial charge on any atom is -0.479 e. The van der Waals surface area contributed by atoms with Crippen molar-refractivity contribution < 1.29 is 14.7 Å². The molecule has 2 aromatic rings. The molecule has 0 spiro atoms. The number of imidazole rings is 1. The molecule has 22 heavy (non-hydrogen) atoms. The monoisotopic (exact) mass is 301 g/mol. The summed E-state index contributed by atoms with van der Waals surface area (Å²) in [7, 11) is 0. The maximum atomic E-state index is 12.0. The molecule has 0 saturated carbocycles. The number of aromatic nitrogens is 2. The summed E-state index contributed by atoms with van der Waals surface area (Å²) in [6.07, 6.45) is 4.51. The summed E-state index contributed by atoms with van der Waals surface area (Å²) < 4.78 is 1.90. The number of carboxylic acids is 1. The zero-order chi connectivity index (χ0) is 15.9. The molecule has 1 aromatic heterocycles. The molecule has 6 nitrogen and oxygen atoms in total. The van der Waals surface area contributed by atoms with Gasteiger partial charge in [-0.05, 0) is 5.56 Å². The molecule has 0 aliphatic carbocycles. The van der Waals surface area contributed by atoms with Crippen LogP contribution in [0.2, 0.25) is 0 Å². The molecular weight excluding hydrogens is 282 g/mol. The van der Waals surface area contributed by atoms with Crippen LogP contribution in [-0.4, -0.2) is 26.5 Å². The number of amides is 1. The van der Waals surface area contributed by atoms with E-state index in [1.54, 1.807) is 36.5 Å². The van der Waals surface area contributed by atoms with Crippen molar-refractivity contribution in [3.8, 4) is 0 Å². The SMILES string of the molecule is CCc1nccn1CCC(=O)NC(C(=O)O)c1ccccc1. The van der Waals surface area contributed by atoms with Crippen LogP contribution in [0.3, 0.4) is 0 Å². The Kier molecular flexibility index (Phi) is 5.30. The lowest BCUT2D eigenvalue weighted by Gasteiger charge is -2.15. The van der Waals surface area contributed by atoms with Crippen LogP contribution in [0.4, 0.5) is 0 Å². The number of hydrogen-bond donors (Lipinski definition) is 2. The minimum absolute atomic E-state index is 0.208. The quantitative estimate of drug-likeness (QED) is 0.816. The van der Waals surface area contributed by atoms with Crippen molar-refractivity contribution in [1.29, 1.82) is 0 Å². The van der Waals surface area contributed by atoms with Gasteiger partial charge in [-0.1, -0.05) is 37.3 Å². The second-order valence-corrected chi connectivity index (χ2v) is 4.89. The fourth-order valence-electron chi connectivity index (χ4n) is 2.25. The van der Waals surface area contributed by atoms with Gasteiger partial charge in [0.2, 0.25) is 5.91 Å². The fourth-order valence-corrected chi connectivity index (χ4v) is 2.25. The number of nitrogens with one attached hydrogen (secondary N) is 1. The fraction of sp³-hybridized carbons (Fsp3) is 0.312. The molecule has 1 heterocycles. The molecule has 0 aliphatic heterocycles. The predicted octanol–water partition coefficient (Wildman–Crippen LogP) is 1.78. The Bertz CT molecular complexity index is 637. The van der Waals surface area contributed by atoms with Crippen molar-refractivity contribution in [3.05, 3.63) is 54.1 Å². The molecule has 0 bridgehead atoms. The van der Waals surface area contributed by atoms with E-state index in [-0.39, 0.29) is 12.3 Å². The number of hydrogen-bond acceptors (Lipinski definition) is 3. The van der Waals surface area contributed by atoms with Crippen LogP contribution in [0.25, 0.3) is 0 Å². The summed E-state index contributed by atoms with van der Waals surface area (Å²) in [4.78, 5) is 27.5. The summed E-state index contributed by atoms with van der Waals surface area (Å²) in [6.45, 7) is 2.48.